The molecule has 12 heteroatoms. The highest BCUT2D eigenvalue weighted by atomic mass is 32.2. The molecule has 3 N–H and O–H groups in total. The van der Waals surface area contributed by atoms with E-state index < -0.39 is 22.2 Å². The molecule has 1 aromatic carbocycles. The van der Waals surface area contributed by atoms with Gasteiger partial charge in [0, 0.05) is 12.2 Å². The minimum absolute atomic E-state index is 0.0144. The number of aryl methyl sites for hydroxylation is 1. The molecule has 174 valence electrons. The number of nitrogens with zero attached hydrogens (tertiary/aromatic N) is 3. The Labute approximate surface area is 190 Å². The van der Waals surface area contributed by atoms with Crippen molar-refractivity contribution < 1.29 is 22.7 Å². The average molecular weight is 473 g/mol. The first-order valence-corrected chi connectivity index (χ1v) is 12.0. The molecular weight excluding hydrogens is 448 g/mol. The Hall–Kier alpha value is -3.67. The van der Waals surface area contributed by atoms with Gasteiger partial charge in [0.25, 0.3) is 10.0 Å². The molecule has 2 heterocycles. The third-order valence-corrected chi connectivity index (χ3v) is 7.02. The summed E-state index contributed by atoms with van der Waals surface area (Å²) in [5.41, 5.74) is 6.07. The highest BCUT2D eigenvalue weighted by Crippen LogP contribution is 2.21. The molecule has 33 heavy (non-hydrogen) atoms. The van der Waals surface area contributed by atoms with Crippen LogP contribution in [0.1, 0.15) is 37.7 Å². The van der Waals surface area contributed by atoms with Crippen LogP contribution in [-0.4, -0.2) is 40.6 Å². The van der Waals surface area contributed by atoms with Crippen LogP contribution in [0.15, 0.2) is 47.6 Å². The lowest BCUT2D eigenvalue weighted by atomic mass is 9.96. The second-order valence-electron chi connectivity index (χ2n) is 7.80. The molecule has 0 atom stereocenters. The lowest BCUT2D eigenvalue weighted by molar-refractivity contribution is 0.147. The Kier molecular flexibility index (Phi) is 6.45. The molecule has 1 fully saturated rings. The van der Waals surface area contributed by atoms with Crippen LogP contribution in [0.25, 0.3) is 11.2 Å². The van der Waals surface area contributed by atoms with E-state index in [4.69, 9.17) is 0 Å². The van der Waals surface area contributed by atoms with Crippen LogP contribution in [0.3, 0.4) is 0 Å². The molecule has 0 saturated heterocycles. The molecule has 0 aliphatic heterocycles. The van der Waals surface area contributed by atoms with Gasteiger partial charge in [-0.25, -0.2) is 37.4 Å². The third-order valence-electron chi connectivity index (χ3n) is 5.34. The summed E-state index contributed by atoms with van der Waals surface area (Å²) in [7, 11) is -3.84. The van der Waals surface area contributed by atoms with Crippen molar-refractivity contribution in [3.63, 3.8) is 0 Å². The van der Waals surface area contributed by atoms with Gasteiger partial charge in [0.1, 0.15) is 5.52 Å². The lowest BCUT2D eigenvalue weighted by Gasteiger charge is -2.21. The first-order valence-electron chi connectivity index (χ1n) is 10.5. The molecule has 0 unspecified atom stereocenters. The molecule has 1 aliphatic carbocycles. The number of hydrogen-bond acceptors (Lipinski definition) is 8. The molecule has 4 rings (SSSR count). The number of benzene rings is 1. The van der Waals surface area contributed by atoms with E-state index in [0.717, 1.165) is 41.6 Å². The van der Waals surface area contributed by atoms with Crippen LogP contribution >= 0.6 is 0 Å². The molecule has 2 amide bonds. The van der Waals surface area contributed by atoms with Crippen molar-refractivity contribution in [3.8, 4) is 0 Å². The third kappa shape index (κ3) is 5.22. The highest BCUT2D eigenvalue weighted by molar-refractivity contribution is 7.90. The fraction of sp³-hybridized carbons (Fsp3) is 0.333. The first-order chi connectivity index (χ1) is 15.8. The summed E-state index contributed by atoms with van der Waals surface area (Å²) in [6.45, 7) is 1.87. The monoisotopic (exact) mass is 472 g/mol. The van der Waals surface area contributed by atoms with Gasteiger partial charge in [-0.2, -0.15) is 0 Å². The highest BCUT2D eigenvalue weighted by Gasteiger charge is 2.21. The molecule has 0 radical (unpaired) electrons. The summed E-state index contributed by atoms with van der Waals surface area (Å²) in [6, 6.07) is 7.99. The number of nitrogens with one attached hydrogen (secondary N) is 3. The zero-order chi connectivity index (χ0) is 23.4. The zero-order valence-electron chi connectivity index (χ0n) is 17.9. The number of carbonyl (C=O) groups is 2. The van der Waals surface area contributed by atoms with Gasteiger partial charge in [0.15, 0.2) is 11.5 Å². The number of aromatic nitrogens is 3. The van der Waals surface area contributed by atoms with Gasteiger partial charge < -0.3 is 10.1 Å². The molecule has 1 saturated carbocycles. The number of anilines is 1. The van der Waals surface area contributed by atoms with Crippen LogP contribution in [0.2, 0.25) is 0 Å². The van der Waals surface area contributed by atoms with Crippen molar-refractivity contribution in [1.29, 1.82) is 0 Å². The Bertz CT molecular complexity index is 1270. The van der Waals surface area contributed by atoms with Crippen LogP contribution in [-0.2, 0) is 14.8 Å². The van der Waals surface area contributed by atoms with Gasteiger partial charge in [-0.15, -0.1) is 0 Å². The van der Waals surface area contributed by atoms with E-state index in [1.807, 2.05) is 6.92 Å². The molecule has 0 spiro atoms. The smallest absolute Gasteiger partial charge is 0.358 e. The molecule has 11 nitrogen and oxygen atoms in total. The number of fused-ring (bicyclic) bond motifs is 1. The van der Waals surface area contributed by atoms with E-state index in [1.54, 1.807) is 12.1 Å². The van der Waals surface area contributed by atoms with Crippen LogP contribution in [0.5, 0.6) is 0 Å². The molecule has 1 aliphatic rings. The number of rotatable bonds is 5. The maximum Gasteiger partial charge on any atom is 0.435 e. The number of ether oxygens (including phenoxy) is 1. The second-order valence-corrected chi connectivity index (χ2v) is 9.61. The number of hydrogen-bond donors (Lipinski definition) is 3. The summed E-state index contributed by atoms with van der Waals surface area (Å²) >= 11 is 0. The van der Waals surface area contributed by atoms with Crippen LogP contribution < -0.4 is 16.2 Å². The maximum absolute atomic E-state index is 12.9. The lowest BCUT2D eigenvalue weighted by Crippen LogP contribution is -2.40. The molecule has 2 aromatic heterocycles. The average Bonchev–Trinajstić information content (AvgIpc) is 3.23. The number of carbonyl (C=O) groups excluding carboxylic acids is 2. The van der Waals surface area contributed by atoms with Crippen molar-refractivity contribution in [2.45, 2.75) is 50.0 Å². The topological polar surface area (TPSA) is 144 Å². The second kappa shape index (κ2) is 9.45. The van der Waals surface area contributed by atoms with E-state index in [0.29, 0.717) is 5.52 Å². The van der Waals surface area contributed by atoms with E-state index in [2.05, 4.69) is 30.9 Å². The summed E-state index contributed by atoms with van der Waals surface area (Å²) in [4.78, 5) is 32.2. The predicted octanol–water partition coefficient (Wildman–Crippen LogP) is 3.07. The van der Waals surface area contributed by atoms with Gasteiger partial charge in [-0.1, -0.05) is 37.0 Å². The SMILES string of the molecule is Cc1ccc(S(=O)(=O)n2ccc3nc(NNC(=O)OC(=O)NC4CCCCC4)cnc32)cc1. The summed E-state index contributed by atoms with van der Waals surface area (Å²) in [5.74, 6) is 0.137. The normalized spacial score (nSPS) is 14.6. The largest absolute Gasteiger partial charge is 0.435 e. The van der Waals surface area contributed by atoms with Crippen LogP contribution in [0.4, 0.5) is 15.4 Å². The minimum Gasteiger partial charge on any atom is -0.358 e. The van der Waals surface area contributed by atoms with E-state index in [-0.39, 0.29) is 22.4 Å². The number of amides is 2. The summed E-state index contributed by atoms with van der Waals surface area (Å²) < 4.78 is 31.6. The maximum atomic E-state index is 12.9. The van der Waals surface area contributed by atoms with Gasteiger partial charge in [0.05, 0.1) is 11.1 Å². The van der Waals surface area contributed by atoms with Crippen LogP contribution in [0, 0.1) is 6.92 Å². The number of alkyl carbamates (subject to hydrolysis) is 1. The first kappa shape index (κ1) is 22.5. The minimum atomic E-state index is -3.84. The molecule has 3 aromatic rings. The standard InChI is InChI=1S/C21H24N6O5S/c1-14-7-9-16(10-8-14)33(30,31)27-12-11-17-19(27)22-13-18(24-17)25-26-21(29)32-20(28)23-15-5-3-2-4-6-15/h7-13,15H,2-6H2,1H3,(H,23,28)(H,24,25)(H,26,29). The van der Waals surface area contributed by atoms with Crippen molar-refractivity contribution in [2.75, 3.05) is 5.43 Å². The van der Waals surface area contributed by atoms with Gasteiger partial charge in [0.2, 0.25) is 0 Å². The fourth-order valence-electron chi connectivity index (χ4n) is 3.63. The van der Waals surface area contributed by atoms with Crippen molar-refractivity contribution >= 4 is 39.2 Å². The van der Waals surface area contributed by atoms with Gasteiger partial charge >= 0.3 is 12.2 Å². The molecule has 0 bridgehead atoms. The van der Waals surface area contributed by atoms with E-state index in [9.17, 15) is 18.0 Å². The van der Waals surface area contributed by atoms with E-state index >= 15 is 0 Å². The van der Waals surface area contributed by atoms with Gasteiger partial charge in [-0.05, 0) is 38.0 Å². The summed E-state index contributed by atoms with van der Waals surface area (Å²) in [6.07, 6.45) is 5.73. The predicted molar refractivity (Wildman–Crippen MR) is 120 cm³/mol. The Morgan fingerprint density at radius 2 is 1.79 bits per heavy atom. The quantitative estimate of drug-likeness (QED) is 0.380. The van der Waals surface area contributed by atoms with E-state index in [1.165, 1.54) is 30.6 Å². The molecular formula is C21H24N6O5S. The number of hydrazine groups is 1. The van der Waals surface area contributed by atoms with Crippen molar-refractivity contribution in [1.82, 2.24) is 24.7 Å². The van der Waals surface area contributed by atoms with Gasteiger partial charge in [-0.3, -0.25) is 5.43 Å². The summed E-state index contributed by atoms with van der Waals surface area (Å²) in [5, 5.41) is 2.67. The zero-order valence-corrected chi connectivity index (χ0v) is 18.8. The van der Waals surface area contributed by atoms with Crippen molar-refractivity contribution in [2.24, 2.45) is 0 Å². The Balaban J connectivity index is 1.38. The Morgan fingerprint density at radius 3 is 2.52 bits per heavy atom. The van der Waals surface area contributed by atoms with Crippen molar-refractivity contribution in [3.05, 3.63) is 48.3 Å². The Morgan fingerprint density at radius 1 is 1.06 bits per heavy atom. The fourth-order valence-corrected chi connectivity index (χ4v) is 4.93.